The third kappa shape index (κ3) is 3.49. The van der Waals surface area contributed by atoms with Crippen LogP contribution in [0.2, 0.25) is 0 Å². The minimum atomic E-state index is -1.26. The first-order valence-corrected chi connectivity index (χ1v) is 9.98. The first kappa shape index (κ1) is 18.8. The molecule has 9 nitrogen and oxygen atoms in total. The van der Waals surface area contributed by atoms with Crippen molar-refractivity contribution in [3.8, 4) is 0 Å². The number of aromatic carboxylic acids is 1. The van der Waals surface area contributed by atoms with Gasteiger partial charge in [-0.1, -0.05) is 6.07 Å². The molecule has 29 heavy (non-hydrogen) atoms. The highest BCUT2D eigenvalue weighted by atomic mass is 32.2. The van der Waals surface area contributed by atoms with Gasteiger partial charge in [0.2, 0.25) is 5.91 Å². The second-order valence-corrected chi connectivity index (χ2v) is 7.70. The van der Waals surface area contributed by atoms with E-state index in [1.165, 1.54) is 17.7 Å². The Hall–Kier alpha value is -3.53. The van der Waals surface area contributed by atoms with Crippen molar-refractivity contribution in [2.45, 2.75) is 18.6 Å². The molecule has 0 bridgehead atoms. The molecule has 2 aliphatic rings. The van der Waals surface area contributed by atoms with Crippen molar-refractivity contribution in [2.75, 3.05) is 10.2 Å². The van der Waals surface area contributed by atoms with Crippen molar-refractivity contribution in [2.24, 2.45) is 5.73 Å². The average molecular weight is 411 g/mol. The Labute approximate surface area is 168 Å². The Morgan fingerprint density at radius 3 is 2.79 bits per heavy atom. The van der Waals surface area contributed by atoms with Crippen LogP contribution in [-0.2, 0) is 15.6 Å². The molecule has 4 rings (SSSR count). The van der Waals surface area contributed by atoms with Gasteiger partial charge in [0.25, 0.3) is 0 Å². The van der Waals surface area contributed by atoms with Crippen LogP contribution in [0.15, 0.2) is 59.3 Å². The van der Waals surface area contributed by atoms with Crippen LogP contribution in [-0.4, -0.2) is 37.3 Å². The Kier molecular flexibility index (Phi) is 4.85. The molecule has 0 aliphatic carbocycles. The van der Waals surface area contributed by atoms with Crippen molar-refractivity contribution in [1.82, 2.24) is 9.97 Å². The Balaban J connectivity index is 1.91. The minimum Gasteiger partial charge on any atom is -0.478 e. The second-order valence-electron chi connectivity index (χ2n) is 6.54. The fourth-order valence-electron chi connectivity index (χ4n) is 3.56. The van der Waals surface area contributed by atoms with E-state index in [9.17, 15) is 18.9 Å². The number of fused-ring (bicyclic) bond motifs is 1. The zero-order chi connectivity index (χ0) is 20.5. The van der Waals surface area contributed by atoms with Gasteiger partial charge in [-0.15, -0.1) is 0 Å². The normalized spacial score (nSPS) is 20.7. The number of carbonyl (C=O) groups is 2. The van der Waals surface area contributed by atoms with Gasteiger partial charge >= 0.3 is 5.97 Å². The highest BCUT2D eigenvalue weighted by Gasteiger charge is 2.41. The molecule has 4 N–H and O–H groups in total. The highest BCUT2D eigenvalue weighted by molar-refractivity contribution is 7.91. The average Bonchev–Trinajstić information content (AvgIpc) is 3.29. The lowest BCUT2D eigenvalue weighted by atomic mass is 10.0. The fraction of sp³-hybridized carbons (Fsp3) is 0.158. The maximum Gasteiger partial charge on any atom is 0.338 e. The molecule has 0 radical (unpaired) electrons. The number of hydrogen-bond acceptors (Lipinski definition) is 7. The van der Waals surface area contributed by atoms with E-state index in [0.29, 0.717) is 22.6 Å². The quantitative estimate of drug-likeness (QED) is 0.650. The Bertz CT molecular complexity index is 1070. The van der Waals surface area contributed by atoms with Gasteiger partial charge in [0.1, 0.15) is 6.17 Å². The van der Waals surface area contributed by atoms with E-state index in [0.717, 1.165) is 0 Å². The molecule has 2 aliphatic heterocycles. The van der Waals surface area contributed by atoms with Crippen molar-refractivity contribution >= 4 is 34.2 Å². The number of amides is 1. The number of rotatable bonds is 6. The Morgan fingerprint density at radius 1 is 1.34 bits per heavy atom. The zero-order valence-electron chi connectivity index (χ0n) is 15.1. The Morgan fingerprint density at radius 2 is 2.17 bits per heavy atom. The summed E-state index contributed by atoms with van der Waals surface area (Å²) in [6, 6.07) is 4.32. The predicted octanol–water partition coefficient (Wildman–Crippen LogP) is 1.51. The van der Waals surface area contributed by atoms with E-state index < -0.39 is 34.9 Å². The van der Waals surface area contributed by atoms with Crippen LogP contribution in [0.3, 0.4) is 0 Å². The molecule has 148 valence electrons. The number of carboxylic acid groups (broad SMARTS) is 1. The monoisotopic (exact) mass is 411 g/mol. The molecule has 0 aromatic carbocycles. The van der Waals surface area contributed by atoms with E-state index in [1.807, 2.05) is 0 Å². The highest BCUT2D eigenvalue weighted by Crippen LogP contribution is 2.45. The van der Waals surface area contributed by atoms with Gasteiger partial charge in [-0.2, -0.15) is 0 Å². The third-order valence-corrected chi connectivity index (χ3v) is 5.64. The van der Waals surface area contributed by atoms with Gasteiger partial charge in [-0.3, -0.25) is 14.0 Å². The first-order chi connectivity index (χ1) is 14.0. The SMILES string of the molecule is NC(=O)CC(c1cccnc1)N1c2c(C(=O)O)ccnc2NC1C1=CS(=O)C=C1. The van der Waals surface area contributed by atoms with E-state index >= 15 is 0 Å². The molecule has 2 aromatic heterocycles. The summed E-state index contributed by atoms with van der Waals surface area (Å²) in [7, 11) is -1.26. The topological polar surface area (TPSA) is 139 Å². The molecular formula is C19H17N5O4S. The minimum absolute atomic E-state index is 0.0343. The second kappa shape index (κ2) is 7.47. The van der Waals surface area contributed by atoms with Crippen molar-refractivity contribution in [3.63, 3.8) is 0 Å². The van der Waals surface area contributed by atoms with Gasteiger partial charge in [-0.05, 0) is 23.8 Å². The summed E-state index contributed by atoms with van der Waals surface area (Å²) < 4.78 is 11.9. The maximum atomic E-state index is 11.9. The van der Waals surface area contributed by atoms with E-state index in [4.69, 9.17) is 5.73 Å². The zero-order valence-corrected chi connectivity index (χ0v) is 15.9. The van der Waals surface area contributed by atoms with Gasteiger partial charge < -0.3 is 21.1 Å². The van der Waals surface area contributed by atoms with Gasteiger partial charge in [0.05, 0.1) is 34.5 Å². The number of pyridine rings is 2. The van der Waals surface area contributed by atoms with Crippen LogP contribution in [0.25, 0.3) is 0 Å². The molecule has 0 saturated heterocycles. The molecule has 4 heterocycles. The molecular weight excluding hydrogens is 394 g/mol. The summed E-state index contributed by atoms with van der Waals surface area (Å²) in [6.07, 6.45) is 5.67. The van der Waals surface area contributed by atoms with Crippen molar-refractivity contribution in [3.05, 3.63) is 70.4 Å². The predicted molar refractivity (Wildman–Crippen MR) is 107 cm³/mol. The number of nitrogens with zero attached hydrogens (tertiary/aromatic N) is 3. The molecule has 0 saturated carbocycles. The molecule has 3 unspecified atom stereocenters. The lowest BCUT2D eigenvalue weighted by Gasteiger charge is -2.35. The summed E-state index contributed by atoms with van der Waals surface area (Å²) in [5.74, 6) is -1.31. The van der Waals surface area contributed by atoms with Crippen LogP contribution in [0, 0.1) is 0 Å². The summed E-state index contributed by atoms with van der Waals surface area (Å²) in [6.45, 7) is 0. The number of primary amides is 1. The smallest absolute Gasteiger partial charge is 0.338 e. The lowest BCUT2D eigenvalue weighted by Crippen LogP contribution is -2.41. The first-order valence-electron chi connectivity index (χ1n) is 8.70. The standard InChI is InChI=1S/C19H17N5O4S/c20-15(25)8-14(11-2-1-5-21-9-11)24-16-13(19(26)27)3-6-22-17(16)23-18(24)12-4-7-29(28)10-12/h1-7,9-10,14,18H,8H2,(H2,20,25)(H,22,23)(H,26,27). The molecule has 10 heteroatoms. The summed E-state index contributed by atoms with van der Waals surface area (Å²) in [5, 5.41) is 16.0. The molecule has 0 spiro atoms. The van der Waals surface area contributed by atoms with Gasteiger partial charge in [0, 0.05) is 35.0 Å². The number of carboxylic acids is 1. The van der Waals surface area contributed by atoms with Crippen LogP contribution < -0.4 is 16.0 Å². The lowest BCUT2D eigenvalue weighted by molar-refractivity contribution is -0.118. The van der Waals surface area contributed by atoms with Crippen molar-refractivity contribution < 1.29 is 18.9 Å². The molecule has 2 aromatic rings. The summed E-state index contributed by atoms with van der Waals surface area (Å²) in [4.78, 5) is 34.0. The van der Waals surface area contributed by atoms with Crippen LogP contribution in [0.5, 0.6) is 0 Å². The fourth-order valence-corrected chi connectivity index (χ4v) is 4.40. The summed E-state index contributed by atoms with van der Waals surface area (Å²) >= 11 is 0. The maximum absolute atomic E-state index is 11.9. The van der Waals surface area contributed by atoms with Gasteiger partial charge in [-0.25, -0.2) is 9.78 Å². The largest absolute Gasteiger partial charge is 0.478 e. The number of hydrogen-bond donors (Lipinski definition) is 3. The van der Waals surface area contributed by atoms with Gasteiger partial charge in [0.15, 0.2) is 5.82 Å². The third-order valence-electron chi connectivity index (χ3n) is 4.73. The number of nitrogens with two attached hydrogens (primary N) is 1. The van der Waals surface area contributed by atoms with E-state index in [1.54, 1.807) is 40.9 Å². The number of aromatic nitrogens is 2. The van der Waals surface area contributed by atoms with E-state index in [-0.39, 0.29) is 12.0 Å². The molecule has 1 amide bonds. The van der Waals surface area contributed by atoms with Crippen LogP contribution in [0.1, 0.15) is 28.4 Å². The summed E-state index contributed by atoms with van der Waals surface area (Å²) in [5.41, 5.74) is 7.26. The number of nitrogens with one attached hydrogen (secondary N) is 1. The number of anilines is 2. The van der Waals surface area contributed by atoms with E-state index in [2.05, 4.69) is 15.3 Å². The number of carbonyl (C=O) groups excluding carboxylic acids is 1. The van der Waals surface area contributed by atoms with Crippen LogP contribution >= 0.6 is 0 Å². The molecule has 3 atom stereocenters. The van der Waals surface area contributed by atoms with Crippen LogP contribution in [0.4, 0.5) is 11.5 Å². The molecule has 0 fully saturated rings. The van der Waals surface area contributed by atoms with Crippen molar-refractivity contribution in [1.29, 1.82) is 0 Å².